The molecule has 2 heterocycles. The van der Waals surface area contributed by atoms with Crippen molar-refractivity contribution in [2.75, 3.05) is 31.1 Å². The summed E-state index contributed by atoms with van der Waals surface area (Å²) in [5.41, 5.74) is 5.11. The van der Waals surface area contributed by atoms with Crippen molar-refractivity contribution >= 4 is 22.5 Å². The fourth-order valence-corrected chi connectivity index (χ4v) is 3.97. The van der Waals surface area contributed by atoms with Crippen LogP contribution in [-0.2, 0) is 11.2 Å². The number of hydrogen-bond donors (Lipinski definition) is 1. The van der Waals surface area contributed by atoms with E-state index in [1.807, 2.05) is 30.0 Å². The Morgan fingerprint density at radius 1 is 1.00 bits per heavy atom. The maximum absolute atomic E-state index is 12.7. The van der Waals surface area contributed by atoms with Crippen LogP contribution >= 0.6 is 0 Å². The predicted octanol–water partition coefficient (Wildman–Crippen LogP) is 3.43. The number of nitrogens with zero attached hydrogens (tertiary/aromatic N) is 2. The predicted molar refractivity (Wildman–Crippen MR) is 118 cm³/mol. The van der Waals surface area contributed by atoms with Gasteiger partial charge in [0.05, 0.1) is 0 Å². The van der Waals surface area contributed by atoms with Gasteiger partial charge in [-0.05, 0) is 67.1 Å². The molecule has 0 saturated carbocycles. The number of aromatic amines is 1. The maximum Gasteiger partial charge on any atom is 0.251 e. The fourth-order valence-electron chi connectivity index (χ4n) is 3.97. The van der Waals surface area contributed by atoms with Crippen LogP contribution in [0.25, 0.3) is 10.9 Å². The molecule has 0 atom stereocenters. The van der Waals surface area contributed by atoms with Crippen molar-refractivity contribution in [2.45, 2.75) is 26.7 Å². The molecule has 1 aliphatic heterocycles. The highest BCUT2D eigenvalue weighted by atomic mass is 16.2. The Morgan fingerprint density at radius 2 is 1.79 bits per heavy atom. The van der Waals surface area contributed by atoms with E-state index in [4.69, 9.17) is 0 Å². The van der Waals surface area contributed by atoms with Crippen molar-refractivity contribution in [2.24, 2.45) is 0 Å². The van der Waals surface area contributed by atoms with Gasteiger partial charge < -0.3 is 14.8 Å². The average Bonchev–Trinajstić information content (AvgIpc) is 2.73. The van der Waals surface area contributed by atoms with Crippen LogP contribution in [0, 0.1) is 13.8 Å². The summed E-state index contributed by atoms with van der Waals surface area (Å²) in [7, 11) is 0. The van der Waals surface area contributed by atoms with Crippen molar-refractivity contribution in [1.82, 2.24) is 9.88 Å². The summed E-state index contributed by atoms with van der Waals surface area (Å²) in [5, 5.41) is 1.01. The van der Waals surface area contributed by atoms with Gasteiger partial charge in [-0.15, -0.1) is 0 Å². The Morgan fingerprint density at radius 3 is 2.55 bits per heavy atom. The number of hydrogen-bond acceptors (Lipinski definition) is 3. The van der Waals surface area contributed by atoms with E-state index in [1.165, 1.54) is 11.3 Å². The minimum absolute atomic E-state index is 0.0507. The van der Waals surface area contributed by atoms with Crippen molar-refractivity contribution < 1.29 is 4.79 Å². The zero-order valence-electron chi connectivity index (χ0n) is 17.1. The third-order valence-electron chi connectivity index (χ3n) is 5.72. The van der Waals surface area contributed by atoms with E-state index in [-0.39, 0.29) is 11.5 Å². The number of nitrogens with one attached hydrogen (secondary N) is 1. The van der Waals surface area contributed by atoms with Gasteiger partial charge in [0.25, 0.3) is 5.56 Å². The topological polar surface area (TPSA) is 56.4 Å². The lowest BCUT2D eigenvalue weighted by molar-refractivity contribution is -0.131. The first-order valence-electron chi connectivity index (χ1n) is 10.2. The van der Waals surface area contributed by atoms with Crippen LogP contribution in [-0.4, -0.2) is 42.0 Å². The molecule has 2 aromatic carbocycles. The Hall–Kier alpha value is -3.08. The second kappa shape index (κ2) is 8.11. The Bertz CT molecular complexity index is 1090. The Kier molecular flexibility index (Phi) is 5.38. The van der Waals surface area contributed by atoms with E-state index in [0.29, 0.717) is 18.4 Å². The SMILES string of the molecule is Cc1cccc(N2CCN(C(=O)CCc3ccc4[nH]c(=O)c(C)cc4c3)CC2)c1. The molecule has 5 nitrogen and oxygen atoms in total. The van der Waals surface area contributed by atoms with Gasteiger partial charge in [0, 0.05) is 49.4 Å². The smallest absolute Gasteiger partial charge is 0.251 e. The van der Waals surface area contributed by atoms with E-state index >= 15 is 0 Å². The molecular weight excluding hydrogens is 362 g/mol. The number of pyridine rings is 1. The summed E-state index contributed by atoms with van der Waals surface area (Å²) < 4.78 is 0. The third kappa shape index (κ3) is 4.34. The monoisotopic (exact) mass is 389 g/mol. The van der Waals surface area contributed by atoms with E-state index in [0.717, 1.165) is 42.6 Å². The molecular formula is C24H27N3O2. The van der Waals surface area contributed by atoms with Crippen molar-refractivity contribution in [3.8, 4) is 0 Å². The molecule has 4 rings (SSSR count). The van der Waals surface area contributed by atoms with Gasteiger partial charge in [0.2, 0.25) is 5.91 Å². The zero-order valence-corrected chi connectivity index (χ0v) is 17.1. The van der Waals surface area contributed by atoms with Crippen molar-refractivity contribution in [3.05, 3.63) is 75.6 Å². The fraction of sp³-hybridized carbons (Fsp3) is 0.333. The number of carbonyl (C=O) groups is 1. The first-order valence-corrected chi connectivity index (χ1v) is 10.2. The number of aryl methyl sites for hydroxylation is 3. The van der Waals surface area contributed by atoms with E-state index in [2.05, 4.69) is 47.1 Å². The van der Waals surface area contributed by atoms with Crippen LogP contribution < -0.4 is 10.5 Å². The van der Waals surface area contributed by atoms with E-state index in [1.54, 1.807) is 0 Å². The van der Waals surface area contributed by atoms with Crippen LogP contribution in [0.1, 0.15) is 23.1 Å². The van der Waals surface area contributed by atoms with Gasteiger partial charge in [0.15, 0.2) is 0 Å². The summed E-state index contributed by atoms with van der Waals surface area (Å²) in [6.45, 7) is 7.20. The number of benzene rings is 2. The van der Waals surface area contributed by atoms with Gasteiger partial charge >= 0.3 is 0 Å². The van der Waals surface area contributed by atoms with Crippen LogP contribution in [0.15, 0.2) is 53.3 Å². The lowest BCUT2D eigenvalue weighted by Gasteiger charge is -2.36. The average molecular weight is 389 g/mol. The quantitative estimate of drug-likeness (QED) is 0.744. The number of fused-ring (bicyclic) bond motifs is 1. The molecule has 3 aromatic rings. The Balaban J connectivity index is 1.34. The number of aromatic nitrogens is 1. The highest BCUT2D eigenvalue weighted by Crippen LogP contribution is 2.19. The number of carbonyl (C=O) groups excluding carboxylic acids is 1. The summed E-state index contributed by atoms with van der Waals surface area (Å²) in [6, 6.07) is 16.4. The molecule has 1 aromatic heterocycles. The molecule has 5 heteroatoms. The van der Waals surface area contributed by atoms with Crippen LogP contribution in [0.5, 0.6) is 0 Å². The lowest BCUT2D eigenvalue weighted by atomic mass is 10.0. The summed E-state index contributed by atoms with van der Waals surface area (Å²) in [5.74, 6) is 0.214. The molecule has 0 spiro atoms. The highest BCUT2D eigenvalue weighted by Gasteiger charge is 2.21. The van der Waals surface area contributed by atoms with Crippen LogP contribution in [0.2, 0.25) is 0 Å². The number of piperazine rings is 1. The highest BCUT2D eigenvalue weighted by molar-refractivity contribution is 5.80. The molecule has 1 saturated heterocycles. The number of anilines is 1. The van der Waals surface area contributed by atoms with Gasteiger partial charge in [-0.1, -0.05) is 18.2 Å². The van der Waals surface area contributed by atoms with Gasteiger partial charge in [-0.2, -0.15) is 0 Å². The first kappa shape index (κ1) is 19.2. The molecule has 29 heavy (non-hydrogen) atoms. The normalized spacial score (nSPS) is 14.4. The van der Waals surface area contributed by atoms with Gasteiger partial charge in [-0.25, -0.2) is 0 Å². The molecule has 1 aliphatic rings. The lowest BCUT2D eigenvalue weighted by Crippen LogP contribution is -2.48. The molecule has 0 aliphatic carbocycles. The third-order valence-corrected chi connectivity index (χ3v) is 5.72. The zero-order chi connectivity index (χ0) is 20.4. The number of amides is 1. The first-order chi connectivity index (χ1) is 14.0. The summed E-state index contributed by atoms with van der Waals surface area (Å²) >= 11 is 0. The van der Waals surface area contributed by atoms with Crippen molar-refractivity contribution in [1.29, 1.82) is 0 Å². The largest absolute Gasteiger partial charge is 0.368 e. The van der Waals surface area contributed by atoms with Gasteiger partial charge in [0.1, 0.15) is 0 Å². The molecule has 0 radical (unpaired) electrons. The standard InChI is InChI=1S/C24H27N3O2/c1-17-4-3-5-21(14-17)26-10-12-27(13-11-26)23(28)9-7-19-6-8-22-20(16-19)15-18(2)24(29)25-22/h3-6,8,14-16H,7,9-13H2,1-2H3,(H,25,29). The van der Waals surface area contributed by atoms with Crippen LogP contribution in [0.4, 0.5) is 5.69 Å². The second-order valence-electron chi connectivity index (χ2n) is 7.91. The van der Waals surface area contributed by atoms with Crippen molar-refractivity contribution in [3.63, 3.8) is 0 Å². The molecule has 1 fully saturated rings. The van der Waals surface area contributed by atoms with E-state index in [9.17, 15) is 9.59 Å². The van der Waals surface area contributed by atoms with E-state index < -0.39 is 0 Å². The number of H-pyrrole nitrogens is 1. The maximum atomic E-state index is 12.7. The summed E-state index contributed by atoms with van der Waals surface area (Å²) in [4.78, 5) is 31.6. The minimum atomic E-state index is -0.0507. The number of rotatable bonds is 4. The molecule has 0 unspecified atom stereocenters. The minimum Gasteiger partial charge on any atom is -0.368 e. The summed E-state index contributed by atoms with van der Waals surface area (Å²) in [6.07, 6.45) is 1.23. The van der Waals surface area contributed by atoms with Crippen LogP contribution in [0.3, 0.4) is 0 Å². The Labute approximate surface area is 171 Å². The molecule has 0 bridgehead atoms. The molecule has 1 amide bonds. The molecule has 1 N–H and O–H groups in total. The van der Waals surface area contributed by atoms with Gasteiger partial charge in [-0.3, -0.25) is 9.59 Å². The second-order valence-corrected chi connectivity index (χ2v) is 7.91. The molecule has 150 valence electrons.